The van der Waals surface area contributed by atoms with E-state index in [1.807, 2.05) is 10.8 Å². The van der Waals surface area contributed by atoms with Crippen LogP contribution in [0.15, 0.2) is 41.8 Å². The van der Waals surface area contributed by atoms with E-state index in [9.17, 15) is 13.2 Å². The van der Waals surface area contributed by atoms with Crippen LogP contribution >= 0.6 is 0 Å². The molecule has 2 rings (SSSR count). The summed E-state index contributed by atoms with van der Waals surface area (Å²) in [6.45, 7) is 0.892. The summed E-state index contributed by atoms with van der Waals surface area (Å²) in [5.41, 5.74) is 0. The second kappa shape index (κ2) is 9.38. The number of benzene rings is 1. The minimum Gasteiger partial charge on any atom is -0.493 e. The molecule has 0 unspecified atom stereocenters. The average molecular weight is 396 g/mol. The number of methoxy groups -OCH3 is 2. The minimum atomic E-state index is -3.83. The zero-order valence-corrected chi connectivity index (χ0v) is 16.4. The molecule has 0 fully saturated rings. The van der Waals surface area contributed by atoms with Gasteiger partial charge in [-0.1, -0.05) is 0 Å². The van der Waals surface area contributed by atoms with Gasteiger partial charge in [0.05, 0.1) is 32.0 Å². The lowest BCUT2D eigenvalue weighted by molar-refractivity contribution is -0.121. The molecule has 148 valence electrons. The van der Waals surface area contributed by atoms with Gasteiger partial charge in [-0.05, 0) is 18.6 Å². The predicted octanol–water partition coefficient (Wildman–Crippen LogP) is 0.727. The molecule has 10 heteroatoms. The van der Waals surface area contributed by atoms with Crippen molar-refractivity contribution >= 4 is 15.9 Å². The van der Waals surface area contributed by atoms with Gasteiger partial charge in [0.25, 0.3) is 0 Å². The SMILES string of the molecule is COc1ccc(S(=O)(=O)N(C)CC(=O)NCCCn2ccnc2)cc1OC. The second-order valence-electron chi connectivity index (χ2n) is 5.78. The number of rotatable bonds is 10. The molecule has 0 aliphatic rings. The van der Waals surface area contributed by atoms with E-state index in [0.29, 0.717) is 24.5 Å². The Hall–Kier alpha value is -2.59. The van der Waals surface area contributed by atoms with Crippen molar-refractivity contribution in [2.75, 3.05) is 34.4 Å². The van der Waals surface area contributed by atoms with E-state index < -0.39 is 10.0 Å². The summed E-state index contributed by atoms with van der Waals surface area (Å²) in [5.74, 6) is 0.359. The summed E-state index contributed by atoms with van der Waals surface area (Å²) >= 11 is 0. The summed E-state index contributed by atoms with van der Waals surface area (Å²) in [6.07, 6.45) is 5.94. The van der Waals surface area contributed by atoms with E-state index in [-0.39, 0.29) is 17.3 Å². The number of carbonyl (C=O) groups excluding carboxylic acids is 1. The normalized spacial score (nSPS) is 11.4. The van der Waals surface area contributed by atoms with Crippen molar-refractivity contribution in [1.29, 1.82) is 0 Å². The zero-order chi connectivity index (χ0) is 19.9. The number of carbonyl (C=O) groups is 1. The van der Waals surface area contributed by atoms with E-state index in [1.165, 1.54) is 39.5 Å². The van der Waals surface area contributed by atoms with Crippen LogP contribution in [0.1, 0.15) is 6.42 Å². The number of nitrogens with zero attached hydrogens (tertiary/aromatic N) is 3. The van der Waals surface area contributed by atoms with Crippen molar-refractivity contribution in [1.82, 2.24) is 19.2 Å². The molecule has 0 bridgehead atoms. The van der Waals surface area contributed by atoms with Crippen molar-refractivity contribution in [3.63, 3.8) is 0 Å². The van der Waals surface area contributed by atoms with Gasteiger partial charge >= 0.3 is 0 Å². The molecular weight excluding hydrogens is 372 g/mol. The molecule has 0 atom stereocenters. The fourth-order valence-electron chi connectivity index (χ4n) is 2.41. The minimum absolute atomic E-state index is 0.0237. The maximum atomic E-state index is 12.7. The van der Waals surface area contributed by atoms with Gasteiger partial charge in [-0.2, -0.15) is 4.31 Å². The van der Waals surface area contributed by atoms with Crippen molar-refractivity contribution in [2.24, 2.45) is 0 Å². The Kier molecular flexibility index (Phi) is 7.19. The van der Waals surface area contributed by atoms with E-state index in [2.05, 4.69) is 10.3 Å². The number of hydrogen-bond acceptors (Lipinski definition) is 6. The van der Waals surface area contributed by atoms with Gasteiger partial charge in [0, 0.05) is 38.6 Å². The molecule has 27 heavy (non-hydrogen) atoms. The summed E-state index contributed by atoms with van der Waals surface area (Å²) in [6, 6.07) is 4.29. The Morgan fingerprint density at radius 1 is 1.26 bits per heavy atom. The second-order valence-corrected chi connectivity index (χ2v) is 7.83. The third-order valence-corrected chi connectivity index (χ3v) is 5.70. The molecule has 0 aliphatic carbocycles. The zero-order valence-electron chi connectivity index (χ0n) is 15.6. The summed E-state index contributed by atoms with van der Waals surface area (Å²) in [7, 11) is 0.418. The quantitative estimate of drug-likeness (QED) is 0.594. The first-order valence-electron chi connectivity index (χ1n) is 8.29. The number of amides is 1. The van der Waals surface area contributed by atoms with Gasteiger partial charge in [-0.15, -0.1) is 0 Å². The van der Waals surface area contributed by atoms with Gasteiger partial charge in [0.2, 0.25) is 15.9 Å². The number of ether oxygens (including phenoxy) is 2. The van der Waals surface area contributed by atoms with Crippen LogP contribution in [0, 0.1) is 0 Å². The summed E-state index contributed by atoms with van der Waals surface area (Å²) < 4.78 is 38.5. The van der Waals surface area contributed by atoms with E-state index in [1.54, 1.807) is 12.5 Å². The van der Waals surface area contributed by atoms with Gasteiger partial charge in [-0.3, -0.25) is 4.79 Å². The third-order valence-electron chi connectivity index (χ3n) is 3.90. The first-order valence-corrected chi connectivity index (χ1v) is 9.73. The number of hydrogen-bond donors (Lipinski definition) is 1. The van der Waals surface area contributed by atoms with Gasteiger partial charge in [0.15, 0.2) is 11.5 Å². The molecule has 1 heterocycles. The topological polar surface area (TPSA) is 103 Å². The molecule has 0 saturated carbocycles. The number of likely N-dealkylation sites (N-methyl/N-ethyl adjacent to an activating group) is 1. The Balaban J connectivity index is 1.91. The van der Waals surface area contributed by atoms with Crippen LogP contribution in [0.25, 0.3) is 0 Å². The lowest BCUT2D eigenvalue weighted by Crippen LogP contribution is -2.38. The van der Waals surface area contributed by atoms with Crippen molar-refractivity contribution in [2.45, 2.75) is 17.9 Å². The monoisotopic (exact) mass is 396 g/mol. The smallest absolute Gasteiger partial charge is 0.243 e. The molecular formula is C17H24N4O5S. The Morgan fingerprint density at radius 2 is 2.00 bits per heavy atom. The lowest BCUT2D eigenvalue weighted by atomic mass is 10.3. The van der Waals surface area contributed by atoms with E-state index in [0.717, 1.165) is 10.8 Å². The highest BCUT2D eigenvalue weighted by Gasteiger charge is 2.24. The highest BCUT2D eigenvalue weighted by atomic mass is 32.2. The number of aryl methyl sites for hydroxylation is 1. The summed E-state index contributed by atoms with van der Waals surface area (Å²) in [4.78, 5) is 16.0. The fourth-order valence-corrected chi connectivity index (χ4v) is 3.55. The van der Waals surface area contributed by atoms with Crippen molar-refractivity contribution < 1.29 is 22.7 Å². The molecule has 1 aromatic heterocycles. The molecule has 1 amide bonds. The summed E-state index contributed by atoms with van der Waals surface area (Å²) in [5, 5.41) is 2.72. The van der Waals surface area contributed by atoms with Gasteiger partial charge < -0.3 is 19.4 Å². The maximum absolute atomic E-state index is 12.7. The number of aromatic nitrogens is 2. The average Bonchev–Trinajstić information content (AvgIpc) is 3.18. The number of sulfonamides is 1. The van der Waals surface area contributed by atoms with Gasteiger partial charge in [-0.25, -0.2) is 13.4 Å². The highest BCUT2D eigenvalue weighted by molar-refractivity contribution is 7.89. The molecule has 0 radical (unpaired) electrons. The molecule has 1 aromatic carbocycles. The fraction of sp³-hybridized carbons (Fsp3) is 0.412. The molecule has 2 aromatic rings. The van der Waals surface area contributed by atoms with Crippen LogP contribution < -0.4 is 14.8 Å². The molecule has 9 nitrogen and oxygen atoms in total. The first-order chi connectivity index (χ1) is 12.9. The largest absolute Gasteiger partial charge is 0.493 e. The Labute approximate surface area is 159 Å². The maximum Gasteiger partial charge on any atom is 0.243 e. The molecule has 1 N–H and O–H groups in total. The number of nitrogens with one attached hydrogen (secondary N) is 1. The van der Waals surface area contributed by atoms with E-state index in [4.69, 9.17) is 9.47 Å². The lowest BCUT2D eigenvalue weighted by Gasteiger charge is -2.18. The van der Waals surface area contributed by atoms with Crippen molar-refractivity contribution in [3.05, 3.63) is 36.9 Å². The van der Waals surface area contributed by atoms with Crippen molar-refractivity contribution in [3.8, 4) is 11.5 Å². The van der Waals surface area contributed by atoms with Crippen LogP contribution in [0.4, 0.5) is 0 Å². The van der Waals surface area contributed by atoms with Crippen LogP contribution in [0.5, 0.6) is 11.5 Å². The first kappa shape index (κ1) is 20.7. The van der Waals surface area contributed by atoms with Crippen LogP contribution in [0.3, 0.4) is 0 Å². The van der Waals surface area contributed by atoms with Crippen LogP contribution in [0.2, 0.25) is 0 Å². The molecule has 0 saturated heterocycles. The van der Waals surface area contributed by atoms with Gasteiger partial charge in [0.1, 0.15) is 0 Å². The van der Waals surface area contributed by atoms with Crippen LogP contribution in [-0.4, -0.2) is 62.5 Å². The number of imidazole rings is 1. The Morgan fingerprint density at radius 3 is 2.63 bits per heavy atom. The molecule has 0 spiro atoms. The third kappa shape index (κ3) is 5.44. The predicted molar refractivity (Wildman–Crippen MR) is 99.2 cm³/mol. The standard InChI is InChI=1S/C17H24N4O5S/c1-20(12-17(22)19-7-4-9-21-10-8-18-13-21)27(23,24)14-5-6-15(25-2)16(11-14)26-3/h5-6,8,10-11,13H,4,7,9,12H2,1-3H3,(H,19,22). The van der Waals surface area contributed by atoms with E-state index >= 15 is 0 Å². The Bertz CT molecular complexity index is 852. The highest BCUT2D eigenvalue weighted by Crippen LogP contribution is 2.30. The molecule has 0 aliphatic heterocycles. The van der Waals surface area contributed by atoms with Crippen LogP contribution in [-0.2, 0) is 21.4 Å².